The SMILES string of the molecule is COc1ccc(CN2CCCC2C(O)(Cc2ccccc2)Cc2ccccc2)cc1.Cl. The van der Waals surface area contributed by atoms with Gasteiger partial charge in [0.25, 0.3) is 0 Å². The Balaban J connectivity index is 0.00000272. The first-order valence-electron chi connectivity index (χ1n) is 10.8. The molecule has 0 spiro atoms. The summed E-state index contributed by atoms with van der Waals surface area (Å²) < 4.78 is 5.29. The molecule has 0 amide bonds. The Hall–Kier alpha value is -2.33. The monoisotopic (exact) mass is 437 g/mol. The quantitative estimate of drug-likeness (QED) is 0.519. The molecule has 0 radical (unpaired) electrons. The van der Waals surface area contributed by atoms with Gasteiger partial charge in [0.05, 0.1) is 12.7 Å². The summed E-state index contributed by atoms with van der Waals surface area (Å²) in [6.45, 7) is 1.86. The Morgan fingerprint density at radius 2 is 1.39 bits per heavy atom. The lowest BCUT2D eigenvalue weighted by atomic mass is 9.80. The maximum Gasteiger partial charge on any atom is 0.118 e. The first kappa shape index (κ1) is 23.3. The zero-order valence-electron chi connectivity index (χ0n) is 18.1. The van der Waals surface area contributed by atoms with Crippen LogP contribution in [0.2, 0.25) is 0 Å². The molecule has 31 heavy (non-hydrogen) atoms. The van der Waals surface area contributed by atoms with Gasteiger partial charge in [0.2, 0.25) is 0 Å². The molecule has 1 fully saturated rings. The summed E-state index contributed by atoms with van der Waals surface area (Å²) in [5.41, 5.74) is 2.81. The van der Waals surface area contributed by atoms with Gasteiger partial charge in [-0.25, -0.2) is 0 Å². The highest BCUT2D eigenvalue weighted by Crippen LogP contribution is 2.34. The molecule has 0 bridgehead atoms. The van der Waals surface area contributed by atoms with Gasteiger partial charge in [0, 0.05) is 25.4 Å². The van der Waals surface area contributed by atoms with E-state index in [0.29, 0.717) is 12.8 Å². The van der Waals surface area contributed by atoms with Gasteiger partial charge in [-0.2, -0.15) is 0 Å². The van der Waals surface area contributed by atoms with Crippen LogP contribution in [-0.4, -0.2) is 35.3 Å². The molecule has 4 heteroatoms. The average Bonchev–Trinajstić information content (AvgIpc) is 3.25. The van der Waals surface area contributed by atoms with E-state index in [9.17, 15) is 5.11 Å². The summed E-state index contributed by atoms with van der Waals surface area (Å²) >= 11 is 0. The summed E-state index contributed by atoms with van der Waals surface area (Å²) in [4.78, 5) is 2.47. The molecule has 0 aliphatic carbocycles. The highest BCUT2D eigenvalue weighted by atomic mass is 35.5. The standard InChI is InChI=1S/C27H31NO2.ClH/c1-30-25-16-14-24(15-17-25)21-28-18-8-13-26(28)27(29,19-22-9-4-2-5-10-22)20-23-11-6-3-7-12-23;/h2-7,9-12,14-17,26,29H,8,13,18-21H2,1H3;1H. The van der Waals surface area contributed by atoms with Crippen LogP contribution in [0.4, 0.5) is 0 Å². The van der Waals surface area contributed by atoms with Crippen molar-refractivity contribution in [3.63, 3.8) is 0 Å². The Labute approximate surface area is 192 Å². The number of aliphatic hydroxyl groups is 1. The van der Waals surface area contributed by atoms with Gasteiger partial charge >= 0.3 is 0 Å². The molecule has 1 aliphatic rings. The minimum Gasteiger partial charge on any atom is -0.497 e. The average molecular weight is 438 g/mol. The smallest absolute Gasteiger partial charge is 0.118 e. The van der Waals surface area contributed by atoms with Gasteiger partial charge in [-0.3, -0.25) is 4.90 Å². The zero-order chi connectivity index (χ0) is 20.8. The van der Waals surface area contributed by atoms with E-state index < -0.39 is 5.60 Å². The van der Waals surface area contributed by atoms with Crippen molar-refractivity contribution in [2.75, 3.05) is 13.7 Å². The Morgan fingerprint density at radius 1 is 0.839 bits per heavy atom. The first-order valence-corrected chi connectivity index (χ1v) is 10.8. The number of halogens is 1. The highest BCUT2D eigenvalue weighted by molar-refractivity contribution is 5.85. The second-order valence-electron chi connectivity index (χ2n) is 8.40. The Kier molecular flexibility index (Phi) is 8.14. The molecule has 0 saturated carbocycles. The molecular weight excluding hydrogens is 406 g/mol. The topological polar surface area (TPSA) is 32.7 Å². The van der Waals surface area contributed by atoms with E-state index in [1.807, 2.05) is 24.3 Å². The molecule has 1 aliphatic heterocycles. The maximum atomic E-state index is 12.1. The normalized spacial score (nSPS) is 16.6. The molecule has 164 valence electrons. The molecule has 0 aromatic heterocycles. The second-order valence-corrected chi connectivity index (χ2v) is 8.40. The summed E-state index contributed by atoms with van der Waals surface area (Å²) in [6, 6.07) is 29.2. The van der Waals surface area contributed by atoms with Gasteiger partial charge < -0.3 is 9.84 Å². The second kappa shape index (κ2) is 10.8. The summed E-state index contributed by atoms with van der Waals surface area (Å²) in [7, 11) is 1.69. The van der Waals surface area contributed by atoms with Crippen LogP contribution in [-0.2, 0) is 19.4 Å². The number of rotatable bonds is 8. The predicted octanol–water partition coefficient (Wildman–Crippen LogP) is 5.30. The van der Waals surface area contributed by atoms with Crippen molar-refractivity contribution in [2.45, 2.75) is 43.9 Å². The Bertz CT molecular complexity index is 873. The van der Waals surface area contributed by atoms with E-state index in [1.165, 1.54) is 16.7 Å². The number of benzene rings is 3. The van der Waals surface area contributed by atoms with Crippen LogP contribution in [0.3, 0.4) is 0 Å². The number of hydrogen-bond donors (Lipinski definition) is 1. The number of nitrogens with zero attached hydrogens (tertiary/aromatic N) is 1. The molecule has 1 atom stereocenters. The largest absolute Gasteiger partial charge is 0.497 e. The summed E-state index contributed by atoms with van der Waals surface area (Å²) in [5, 5.41) is 12.1. The van der Waals surface area contributed by atoms with Gasteiger partial charge in [-0.05, 0) is 48.2 Å². The molecule has 4 rings (SSSR count). The lowest BCUT2D eigenvalue weighted by molar-refractivity contribution is -0.0354. The lowest BCUT2D eigenvalue weighted by Crippen LogP contribution is -2.52. The third-order valence-corrected chi connectivity index (χ3v) is 6.23. The molecule has 3 nitrogen and oxygen atoms in total. The molecule has 3 aromatic rings. The molecule has 1 N–H and O–H groups in total. The van der Waals surface area contributed by atoms with Crippen LogP contribution in [0.25, 0.3) is 0 Å². The van der Waals surface area contributed by atoms with Crippen LogP contribution in [0.1, 0.15) is 29.5 Å². The van der Waals surface area contributed by atoms with Gasteiger partial charge in [0.1, 0.15) is 5.75 Å². The summed E-state index contributed by atoms with van der Waals surface area (Å²) in [6.07, 6.45) is 3.46. The molecule has 1 saturated heterocycles. The molecule has 3 aromatic carbocycles. The fourth-order valence-electron chi connectivity index (χ4n) is 4.79. The number of hydrogen-bond acceptors (Lipinski definition) is 3. The molecule has 1 heterocycles. The molecular formula is C27H32ClNO2. The van der Waals surface area contributed by atoms with E-state index >= 15 is 0 Å². The third kappa shape index (κ3) is 5.88. The van der Waals surface area contributed by atoms with Crippen molar-refractivity contribution in [2.24, 2.45) is 0 Å². The van der Waals surface area contributed by atoms with Crippen LogP contribution >= 0.6 is 12.4 Å². The minimum absolute atomic E-state index is 0. The number of likely N-dealkylation sites (tertiary alicyclic amines) is 1. The lowest BCUT2D eigenvalue weighted by Gasteiger charge is -2.40. The summed E-state index contributed by atoms with van der Waals surface area (Å²) in [5.74, 6) is 0.876. The van der Waals surface area contributed by atoms with E-state index in [0.717, 1.165) is 31.7 Å². The van der Waals surface area contributed by atoms with Crippen molar-refractivity contribution in [1.82, 2.24) is 4.90 Å². The van der Waals surface area contributed by atoms with E-state index in [1.54, 1.807) is 7.11 Å². The predicted molar refractivity (Wildman–Crippen MR) is 129 cm³/mol. The van der Waals surface area contributed by atoms with Crippen molar-refractivity contribution in [3.05, 3.63) is 102 Å². The molecule has 1 unspecified atom stereocenters. The number of ether oxygens (including phenoxy) is 1. The van der Waals surface area contributed by atoms with Crippen molar-refractivity contribution < 1.29 is 9.84 Å². The van der Waals surface area contributed by atoms with E-state index in [4.69, 9.17) is 4.74 Å². The van der Waals surface area contributed by atoms with Gasteiger partial charge in [-0.1, -0.05) is 72.8 Å². The van der Waals surface area contributed by atoms with Crippen LogP contribution in [0, 0.1) is 0 Å². The number of methoxy groups -OCH3 is 1. The Morgan fingerprint density at radius 3 is 1.90 bits per heavy atom. The van der Waals surface area contributed by atoms with Gasteiger partial charge in [0.15, 0.2) is 0 Å². The fraction of sp³-hybridized carbons (Fsp3) is 0.333. The first-order chi connectivity index (χ1) is 14.7. The third-order valence-electron chi connectivity index (χ3n) is 6.23. The van der Waals surface area contributed by atoms with E-state index in [-0.39, 0.29) is 18.4 Å². The van der Waals surface area contributed by atoms with Gasteiger partial charge in [-0.15, -0.1) is 12.4 Å². The van der Waals surface area contributed by atoms with Crippen molar-refractivity contribution in [3.8, 4) is 5.75 Å². The fourth-order valence-corrected chi connectivity index (χ4v) is 4.79. The van der Waals surface area contributed by atoms with Crippen molar-refractivity contribution >= 4 is 12.4 Å². The zero-order valence-corrected chi connectivity index (χ0v) is 18.9. The van der Waals surface area contributed by atoms with Crippen molar-refractivity contribution in [1.29, 1.82) is 0 Å². The highest BCUT2D eigenvalue weighted by Gasteiger charge is 2.42. The van der Waals surface area contributed by atoms with Crippen LogP contribution < -0.4 is 4.74 Å². The van der Waals surface area contributed by atoms with E-state index in [2.05, 4.69) is 65.6 Å². The maximum absolute atomic E-state index is 12.1. The minimum atomic E-state index is -0.814. The van der Waals surface area contributed by atoms with Crippen LogP contribution in [0.15, 0.2) is 84.9 Å². The van der Waals surface area contributed by atoms with Crippen LogP contribution in [0.5, 0.6) is 5.75 Å².